The minimum absolute atomic E-state index is 0.364. The third-order valence-electron chi connectivity index (χ3n) is 3.40. The van der Waals surface area contributed by atoms with E-state index in [0.29, 0.717) is 18.3 Å². The number of carbonyl (C=O) groups is 1. The summed E-state index contributed by atoms with van der Waals surface area (Å²) in [5.41, 5.74) is 0.943. The second kappa shape index (κ2) is 4.53. The van der Waals surface area contributed by atoms with Crippen LogP contribution in [0.2, 0.25) is 0 Å². The first-order chi connectivity index (χ1) is 8.74. The number of carbonyl (C=O) groups excluding carboxylic acids is 1. The number of aliphatic hydroxyl groups is 1. The van der Waals surface area contributed by atoms with E-state index in [0.717, 1.165) is 12.1 Å². The van der Waals surface area contributed by atoms with Gasteiger partial charge in [-0.05, 0) is 18.8 Å². The molecule has 0 radical (unpaired) electrons. The van der Waals surface area contributed by atoms with E-state index in [1.54, 1.807) is 0 Å². The Labute approximate surface area is 106 Å². The van der Waals surface area contributed by atoms with Gasteiger partial charge in [0, 0.05) is 12.1 Å². The lowest BCUT2D eigenvalue weighted by Gasteiger charge is -2.31. The quantitative estimate of drug-likeness (QED) is 0.864. The molecule has 0 spiro atoms. The van der Waals surface area contributed by atoms with Gasteiger partial charge in [-0.1, -0.05) is 30.3 Å². The standard InChI is InChI=1S/C14H16N2O2/c17-12-9-16(8-10-6-7-10)13(15-14(12)18)11-4-2-1-3-5-11/h1-5,10,12,17H,6-9H2. The van der Waals surface area contributed by atoms with Crippen molar-refractivity contribution in [3.63, 3.8) is 0 Å². The maximum absolute atomic E-state index is 11.6. The molecule has 94 valence electrons. The number of amides is 1. The van der Waals surface area contributed by atoms with E-state index >= 15 is 0 Å². The normalized spacial score (nSPS) is 24.1. The first kappa shape index (κ1) is 11.4. The van der Waals surface area contributed by atoms with Crippen LogP contribution in [-0.4, -0.2) is 40.9 Å². The van der Waals surface area contributed by atoms with Gasteiger partial charge in [-0.15, -0.1) is 0 Å². The number of aliphatic imine (C=N–C) groups is 1. The molecular formula is C14H16N2O2. The molecule has 1 aliphatic heterocycles. The van der Waals surface area contributed by atoms with E-state index < -0.39 is 12.0 Å². The summed E-state index contributed by atoms with van der Waals surface area (Å²) in [6, 6.07) is 9.70. The van der Waals surface area contributed by atoms with Gasteiger partial charge in [-0.25, -0.2) is 0 Å². The Hall–Kier alpha value is -1.68. The summed E-state index contributed by atoms with van der Waals surface area (Å²) < 4.78 is 0. The number of amidine groups is 1. The molecule has 0 saturated heterocycles. The van der Waals surface area contributed by atoms with Crippen LogP contribution in [0.1, 0.15) is 18.4 Å². The lowest BCUT2D eigenvalue weighted by Crippen LogP contribution is -2.46. The molecule has 4 heteroatoms. The van der Waals surface area contributed by atoms with Crippen molar-refractivity contribution in [2.24, 2.45) is 10.9 Å². The summed E-state index contributed by atoms with van der Waals surface area (Å²) in [6.07, 6.45) is 1.50. The Balaban J connectivity index is 1.90. The molecule has 1 N–H and O–H groups in total. The maximum atomic E-state index is 11.6. The van der Waals surface area contributed by atoms with Gasteiger partial charge < -0.3 is 10.0 Å². The van der Waals surface area contributed by atoms with Crippen LogP contribution in [0, 0.1) is 5.92 Å². The summed E-state index contributed by atoms with van der Waals surface area (Å²) in [4.78, 5) is 17.7. The predicted octanol–water partition coefficient (Wildman–Crippen LogP) is 1.05. The number of β-amino-alcohol motifs (C(OH)–C–C–N with tert-alkyl or cyclic N) is 1. The van der Waals surface area contributed by atoms with Crippen LogP contribution in [-0.2, 0) is 4.79 Å². The monoisotopic (exact) mass is 244 g/mol. The molecule has 1 aromatic carbocycles. The number of aliphatic hydroxyl groups excluding tert-OH is 1. The van der Waals surface area contributed by atoms with E-state index in [1.165, 1.54) is 12.8 Å². The molecule has 1 atom stereocenters. The molecule has 1 heterocycles. The van der Waals surface area contributed by atoms with Crippen molar-refractivity contribution in [3.8, 4) is 0 Å². The van der Waals surface area contributed by atoms with Crippen LogP contribution in [0.3, 0.4) is 0 Å². The Morgan fingerprint density at radius 2 is 2.00 bits per heavy atom. The summed E-state index contributed by atoms with van der Waals surface area (Å²) in [5.74, 6) is 0.970. The molecule has 1 aromatic rings. The van der Waals surface area contributed by atoms with Gasteiger partial charge in [0.2, 0.25) is 0 Å². The van der Waals surface area contributed by atoms with Gasteiger partial charge >= 0.3 is 0 Å². The largest absolute Gasteiger partial charge is 0.381 e. The number of benzene rings is 1. The Morgan fingerprint density at radius 3 is 2.67 bits per heavy atom. The molecule has 4 nitrogen and oxygen atoms in total. The summed E-state index contributed by atoms with van der Waals surface area (Å²) >= 11 is 0. The van der Waals surface area contributed by atoms with Gasteiger partial charge in [-0.2, -0.15) is 4.99 Å². The predicted molar refractivity (Wildman–Crippen MR) is 68.3 cm³/mol. The topological polar surface area (TPSA) is 52.9 Å². The van der Waals surface area contributed by atoms with E-state index in [9.17, 15) is 9.90 Å². The van der Waals surface area contributed by atoms with Crippen molar-refractivity contribution in [1.82, 2.24) is 4.90 Å². The minimum atomic E-state index is -0.976. The molecule has 1 unspecified atom stereocenters. The van der Waals surface area contributed by atoms with Gasteiger partial charge in [0.25, 0.3) is 5.91 Å². The molecule has 1 fully saturated rings. The van der Waals surface area contributed by atoms with Crippen molar-refractivity contribution in [2.45, 2.75) is 18.9 Å². The smallest absolute Gasteiger partial charge is 0.278 e. The van der Waals surface area contributed by atoms with Crippen molar-refractivity contribution in [3.05, 3.63) is 35.9 Å². The average molecular weight is 244 g/mol. The molecule has 2 aliphatic rings. The van der Waals surface area contributed by atoms with Gasteiger partial charge in [0.05, 0.1) is 6.54 Å². The van der Waals surface area contributed by atoms with Crippen LogP contribution in [0.5, 0.6) is 0 Å². The van der Waals surface area contributed by atoms with Gasteiger partial charge in [0.15, 0.2) is 6.10 Å². The highest BCUT2D eigenvalue weighted by atomic mass is 16.3. The van der Waals surface area contributed by atoms with Crippen LogP contribution in [0.4, 0.5) is 0 Å². The highest BCUT2D eigenvalue weighted by Gasteiger charge is 2.32. The van der Waals surface area contributed by atoms with Gasteiger partial charge in [0.1, 0.15) is 5.84 Å². The zero-order chi connectivity index (χ0) is 12.5. The maximum Gasteiger partial charge on any atom is 0.278 e. The van der Waals surface area contributed by atoms with Crippen LogP contribution in [0.15, 0.2) is 35.3 Å². The first-order valence-corrected chi connectivity index (χ1v) is 6.35. The first-order valence-electron chi connectivity index (χ1n) is 6.35. The lowest BCUT2D eigenvalue weighted by molar-refractivity contribution is -0.127. The minimum Gasteiger partial charge on any atom is -0.381 e. The number of nitrogens with zero attached hydrogens (tertiary/aromatic N) is 2. The molecule has 0 aromatic heterocycles. The van der Waals surface area contributed by atoms with Crippen molar-refractivity contribution >= 4 is 11.7 Å². The third-order valence-corrected chi connectivity index (χ3v) is 3.40. The number of hydrogen-bond acceptors (Lipinski definition) is 3. The Kier molecular flexibility index (Phi) is 2.88. The third kappa shape index (κ3) is 2.29. The molecule has 1 saturated carbocycles. The molecule has 0 bridgehead atoms. The fraction of sp³-hybridized carbons (Fsp3) is 0.429. The van der Waals surface area contributed by atoms with E-state index in [2.05, 4.69) is 4.99 Å². The van der Waals surface area contributed by atoms with Crippen LogP contribution in [0.25, 0.3) is 0 Å². The van der Waals surface area contributed by atoms with Gasteiger partial charge in [-0.3, -0.25) is 4.79 Å². The Morgan fingerprint density at radius 1 is 1.28 bits per heavy atom. The molecule has 3 rings (SSSR count). The van der Waals surface area contributed by atoms with E-state index in [-0.39, 0.29) is 0 Å². The number of rotatable bonds is 3. The highest BCUT2D eigenvalue weighted by molar-refractivity contribution is 6.07. The average Bonchev–Trinajstić information content (AvgIpc) is 3.18. The number of hydrogen-bond donors (Lipinski definition) is 1. The molecule has 1 aliphatic carbocycles. The lowest BCUT2D eigenvalue weighted by atomic mass is 10.1. The second-order valence-corrected chi connectivity index (χ2v) is 5.00. The fourth-order valence-electron chi connectivity index (χ4n) is 2.23. The zero-order valence-electron chi connectivity index (χ0n) is 10.1. The fourth-order valence-corrected chi connectivity index (χ4v) is 2.23. The Bertz CT molecular complexity index is 480. The summed E-state index contributed by atoms with van der Waals surface area (Å²) in [5, 5.41) is 9.65. The summed E-state index contributed by atoms with van der Waals surface area (Å²) in [7, 11) is 0. The zero-order valence-corrected chi connectivity index (χ0v) is 10.1. The molecular weight excluding hydrogens is 228 g/mol. The van der Waals surface area contributed by atoms with Crippen LogP contribution < -0.4 is 0 Å². The summed E-state index contributed by atoms with van der Waals surface area (Å²) in [6.45, 7) is 1.25. The van der Waals surface area contributed by atoms with Crippen molar-refractivity contribution in [2.75, 3.05) is 13.1 Å². The second-order valence-electron chi connectivity index (χ2n) is 5.00. The molecule has 1 amide bonds. The highest BCUT2D eigenvalue weighted by Crippen LogP contribution is 2.30. The van der Waals surface area contributed by atoms with Crippen LogP contribution >= 0.6 is 0 Å². The van der Waals surface area contributed by atoms with Crippen molar-refractivity contribution in [1.29, 1.82) is 0 Å². The van der Waals surface area contributed by atoms with E-state index in [1.807, 2.05) is 35.2 Å². The SMILES string of the molecule is O=C1N=C(c2ccccc2)N(CC2CC2)CC1O. The van der Waals surface area contributed by atoms with E-state index in [4.69, 9.17) is 0 Å². The molecule has 18 heavy (non-hydrogen) atoms. The van der Waals surface area contributed by atoms with Crippen molar-refractivity contribution < 1.29 is 9.90 Å².